The average Bonchev–Trinajstić information content (AvgIpc) is 3.05. The monoisotopic (exact) mass is 405 g/mol. The summed E-state index contributed by atoms with van der Waals surface area (Å²) < 4.78 is 3.44. The first-order valence-electron chi connectivity index (χ1n) is 10.8. The minimum atomic E-state index is -0.0620. The molecule has 1 aliphatic heterocycles. The minimum Gasteiger partial charge on any atom is -0.356 e. The van der Waals surface area contributed by atoms with Gasteiger partial charge in [-0.05, 0) is 51.7 Å². The van der Waals surface area contributed by atoms with Gasteiger partial charge in [0.1, 0.15) is 12.1 Å². The third-order valence-electron chi connectivity index (χ3n) is 6.37. The van der Waals surface area contributed by atoms with Crippen molar-refractivity contribution in [1.82, 2.24) is 29.5 Å². The Hall–Kier alpha value is -3.03. The molecule has 30 heavy (non-hydrogen) atoms. The topological polar surface area (TPSA) is 81.7 Å². The maximum atomic E-state index is 12.5. The number of piperidine rings is 1. The smallest absolute Gasteiger partial charge is 0.267 e. The van der Waals surface area contributed by atoms with Gasteiger partial charge in [0.05, 0.1) is 11.7 Å². The summed E-state index contributed by atoms with van der Waals surface area (Å²) in [6, 6.07) is 7.59. The van der Waals surface area contributed by atoms with Gasteiger partial charge >= 0.3 is 0 Å². The van der Waals surface area contributed by atoms with Crippen molar-refractivity contribution in [2.24, 2.45) is 0 Å². The lowest BCUT2D eigenvalue weighted by atomic mass is 9.83. The summed E-state index contributed by atoms with van der Waals surface area (Å²) in [6.45, 7) is 5.65. The number of aryl methyl sites for hydroxylation is 2. The molecule has 2 fully saturated rings. The fraction of sp³-hybridized carbons (Fsp3) is 0.500. The average molecular weight is 406 g/mol. The van der Waals surface area contributed by atoms with Crippen molar-refractivity contribution in [2.45, 2.75) is 57.9 Å². The van der Waals surface area contributed by atoms with E-state index in [2.05, 4.69) is 31.1 Å². The van der Waals surface area contributed by atoms with Crippen LogP contribution in [0.15, 0.2) is 35.4 Å². The summed E-state index contributed by atoms with van der Waals surface area (Å²) in [5, 5.41) is 9.15. The van der Waals surface area contributed by atoms with Gasteiger partial charge in [0.2, 0.25) is 0 Å². The van der Waals surface area contributed by atoms with Gasteiger partial charge in [0, 0.05) is 42.5 Å². The summed E-state index contributed by atoms with van der Waals surface area (Å²) >= 11 is 0. The fourth-order valence-corrected chi connectivity index (χ4v) is 4.45. The molecule has 8 nitrogen and oxygen atoms in total. The van der Waals surface area contributed by atoms with Crippen LogP contribution in [0, 0.1) is 13.8 Å². The van der Waals surface area contributed by atoms with E-state index in [0.29, 0.717) is 11.7 Å². The molecule has 156 valence electrons. The van der Waals surface area contributed by atoms with Crippen LogP contribution in [0.1, 0.15) is 61.1 Å². The highest BCUT2D eigenvalue weighted by molar-refractivity contribution is 5.40. The molecule has 3 aromatic rings. The first kappa shape index (κ1) is 19.0. The van der Waals surface area contributed by atoms with E-state index in [-0.39, 0.29) is 11.6 Å². The van der Waals surface area contributed by atoms with E-state index in [0.717, 1.165) is 43.1 Å². The van der Waals surface area contributed by atoms with Gasteiger partial charge in [-0.1, -0.05) is 6.42 Å². The first-order valence-corrected chi connectivity index (χ1v) is 10.8. The van der Waals surface area contributed by atoms with E-state index >= 15 is 0 Å². The van der Waals surface area contributed by atoms with Gasteiger partial charge < -0.3 is 4.90 Å². The fourth-order valence-electron chi connectivity index (χ4n) is 4.45. The molecular weight excluding hydrogens is 378 g/mol. The molecule has 2 aliphatic rings. The number of aromatic nitrogens is 6. The molecule has 4 heterocycles. The highest BCUT2D eigenvalue weighted by atomic mass is 16.1. The first-order chi connectivity index (χ1) is 14.6. The van der Waals surface area contributed by atoms with Gasteiger partial charge in [-0.3, -0.25) is 4.79 Å². The van der Waals surface area contributed by atoms with Crippen molar-refractivity contribution in [3.8, 4) is 5.82 Å². The second kappa shape index (κ2) is 7.66. The van der Waals surface area contributed by atoms with E-state index in [1.54, 1.807) is 27.8 Å². The Kier molecular flexibility index (Phi) is 4.84. The maximum Gasteiger partial charge on any atom is 0.267 e. The maximum absolute atomic E-state index is 12.5. The molecule has 0 bridgehead atoms. The van der Waals surface area contributed by atoms with Crippen molar-refractivity contribution in [1.29, 1.82) is 0 Å². The molecule has 0 radical (unpaired) electrons. The Bertz CT molecular complexity index is 1110. The van der Waals surface area contributed by atoms with Crippen molar-refractivity contribution < 1.29 is 0 Å². The van der Waals surface area contributed by atoms with Crippen molar-refractivity contribution in [3.05, 3.63) is 58.0 Å². The Morgan fingerprint density at radius 3 is 2.40 bits per heavy atom. The lowest BCUT2D eigenvalue weighted by molar-refractivity contribution is 0.350. The minimum absolute atomic E-state index is 0.0620. The summed E-state index contributed by atoms with van der Waals surface area (Å²) in [7, 11) is 0. The normalized spacial score (nSPS) is 17.9. The number of hydrogen-bond donors (Lipinski definition) is 0. The van der Waals surface area contributed by atoms with Gasteiger partial charge in [0.15, 0.2) is 5.82 Å². The van der Waals surface area contributed by atoms with Crippen molar-refractivity contribution in [2.75, 3.05) is 18.0 Å². The molecule has 1 saturated heterocycles. The zero-order valence-electron chi connectivity index (χ0n) is 17.5. The standard InChI is InChI=1S/C22H27N7O/c1-15-12-16(2)28(25-15)20-6-7-22(30)29(26-20)18-8-10-27(11-9-18)21-13-19(23-14-24-21)17-4-3-5-17/h6-7,12-14,17-18H,3-5,8-11H2,1-2H3. The molecular formula is C22H27N7O. The highest BCUT2D eigenvalue weighted by Gasteiger charge is 2.26. The number of nitrogens with zero attached hydrogens (tertiary/aromatic N) is 7. The number of anilines is 1. The summed E-state index contributed by atoms with van der Waals surface area (Å²) in [5.74, 6) is 2.29. The van der Waals surface area contributed by atoms with Crippen LogP contribution in [0.3, 0.4) is 0 Å². The Balaban J connectivity index is 1.33. The van der Waals surface area contributed by atoms with E-state index in [9.17, 15) is 4.79 Å². The van der Waals surface area contributed by atoms with Gasteiger partial charge in [-0.2, -0.15) is 5.10 Å². The quantitative estimate of drug-likeness (QED) is 0.664. The third-order valence-corrected chi connectivity index (χ3v) is 6.37. The number of rotatable bonds is 4. The predicted molar refractivity (Wildman–Crippen MR) is 114 cm³/mol. The lowest BCUT2D eigenvalue weighted by Gasteiger charge is -2.33. The lowest BCUT2D eigenvalue weighted by Crippen LogP contribution is -2.39. The third kappa shape index (κ3) is 3.51. The van der Waals surface area contributed by atoms with Crippen LogP contribution < -0.4 is 10.5 Å². The van der Waals surface area contributed by atoms with E-state index in [1.807, 2.05) is 19.9 Å². The van der Waals surface area contributed by atoms with Crippen LogP contribution in [-0.2, 0) is 0 Å². The molecule has 0 unspecified atom stereocenters. The molecule has 3 aromatic heterocycles. The molecule has 1 aliphatic carbocycles. The largest absolute Gasteiger partial charge is 0.356 e. The van der Waals surface area contributed by atoms with E-state index in [4.69, 9.17) is 0 Å². The second-order valence-corrected chi connectivity index (χ2v) is 8.46. The molecule has 0 aromatic carbocycles. The molecule has 0 N–H and O–H groups in total. The molecule has 8 heteroatoms. The molecule has 0 atom stereocenters. The van der Waals surface area contributed by atoms with Crippen LogP contribution in [0.5, 0.6) is 0 Å². The predicted octanol–water partition coefficient (Wildman–Crippen LogP) is 2.94. The molecule has 5 rings (SSSR count). The zero-order valence-corrected chi connectivity index (χ0v) is 17.5. The summed E-state index contributed by atoms with van der Waals surface area (Å²) in [5.41, 5.74) is 3.05. The SMILES string of the molecule is Cc1cc(C)n(-c2ccc(=O)n(C3CCN(c4cc(C5CCC5)ncn4)CC3)n2)n1. The Morgan fingerprint density at radius 2 is 1.73 bits per heavy atom. The molecule has 0 amide bonds. The highest BCUT2D eigenvalue weighted by Crippen LogP contribution is 2.36. The molecule has 0 spiro atoms. The second-order valence-electron chi connectivity index (χ2n) is 8.46. The van der Waals surface area contributed by atoms with Crippen LogP contribution >= 0.6 is 0 Å². The van der Waals surface area contributed by atoms with Crippen molar-refractivity contribution in [3.63, 3.8) is 0 Å². The van der Waals surface area contributed by atoms with Crippen LogP contribution in [0.2, 0.25) is 0 Å². The van der Waals surface area contributed by atoms with Gasteiger partial charge in [0.25, 0.3) is 5.56 Å². The van der Waals surface area contributed by atoms with E-state index in [1.165, 1.54) is 25.0 Å². The Labute approximate surface area is 175 Å². The Morgan fingerprint density at radius 1 is 0.933 bits per heavy atom. The van der Waals surface area contributed by atoms with Crippen LogP contribution in [0.25, 0.3) is 5.82 Å². The van der Waals surface area contributed by atoms with Crippen molar-refractivity contribution >= 4 is 5.82 Å². The molecule has 1 saturated carbocycles. The summed E-state index contributed by atoms with van der Waals surface area (Å²) in [4.78, 5) is 23.8. The van der Waals surface area contributed by atoms with Gasteiger partial charge in [-0.25, -0.2) is 19.3 Å². The van der Waals surface area contributed by atoms with Crippen LogP contribution in [0.4, 0.5) is 5.82 Å². The zero-order chi connectivity index (χ0) is 20.7. The number of hydrogen-bond acceptors (Lipinski definition) is 6. The van der Waals surface area contributed by atoms with Gasteiger partial charge in [-0.15, -0.1) is 5.10 Å². The summed E-state index contributed by atoms with van der Waals surface area (Å²) in [6.07, 6.45) is 7.18. The van der Waals surface area contributed by atoms with E-state index < -0.39 is 0 Å². The van der Waals surface area contributed by atoms with Crippen LogP contribution in [-0.4, -0.2) is 42.6 Å².